The second kappa shape index (κ2) is 9.35. The molecule has 0 amide bonds. The van der Waals surface area contributed by atoms with Crippen molar-refractivity contribution in [3.8, 4) is 11.8 Å². The van der Waals surface area contributed by atoms with Crippen LogP contribution in [0.1, 0.15) is 12.0 Å². The van der Waals surface area contributed by atoms with Crippen molar-refractivity contribution in [3.05, 3.63) is 57.8 Å². The molecule has 2 aromatic carbocycles. The van der Waals surface area contributed by atoms with Gasteiger partial charge in [0.25, 0.3) is 0 Å². The van der Waals surface area contributed by atoms with Crippen LogP contribution in [0.15, 0.2) is 41.3 Å². The fourth-order valence-electron chi connectivity index (χ4n) is 2.11. The van der Waals surface area contributed by atoms with Crippen LogP contribution in [0.4, 0.5) is 4.39 Å². The van der Waals surface area contributed by atoms with Gasteiger partial charge in [-0.1, -0.05) is 23.2 Å². The monoisotopic (exact) mass is 431 g/mol. The van der Waals surface area contributed by atoms with Crippen LogP contribution in [0.3, 0.4) is 0 Å². The van der Waals surface area contributed by atoms with Crippen LogP contribution in [-0.4, -0.2) is 27.6 Å². The van der Waals surface area contributed by atoms with E-state index in [9.17, 15) is 12.8 Å². The molecule has 0 bridgehead atoms. The fraction of sp³-hybridized carbons (Fsp3) is 0.235. The van der Waals surface area contributed by atoms with E-state index in [1.165, 1.54) is 30.3 Å². The number of nitrogens with two attached hydrogens (primary N) is 1. The zero-order chi connectivity index (χ0) is 20.0. The van der Waals surface area contributed by atoms with Crippen LogP contribution in [0.2, 0.25) is 10.0 Å². The summed E-state index contributed by atoms with van der Waals surface area (Å²) in [5.74, 6) is -0.452. The molecule has 0 saturated heterocycles. The molecule has 0 unspecified atom stereocenters. The van der Waals surface area contributed by atoms with Gasteiger partial charge in [-0.3, -0.25) is 0 Å². The van der Waals surface area contributed by atoms with E-state index in [-0.39, 0.29) is 40.8 Å². The Morgan fingerprint density at radius 2 is 2.00 bits per heavy atom. The van der Waals surface area contributed by atoms with Crippen LogP contribution < -0.4 is 15.2 Å². The van der Waals surface area contributed by atoms with E-state index in [1.807, 2.05) is 0 Å². The highest BCUT2D eigenvalue weighted by atomic mass is 35.5. The number of halogens is 3. The molecule has 0 spiro atoms. The zero-order valence-electron chi connectivity index (χ0n) is 14.0. The summed E-state index contributed by atoms with van der Waals surface area (Å²) in [5, 5.41) is 9.03. The highest BCUT2D eigenvalue weighted by molar-refractivity contribution is 7.89. The molecule has 0 aliphatic heterocycles. The summed E-state index contributed by atoms with van der Waals surface area (Å²) in [4.78, 5) is -0.0774. The second-order valence-corrected chi connectivity index (χ2v) is 8.16. The first-order valence-corrected chi connectivity index (χ1v) is 9.99. The number of nitrogens with one attached hydrogen (secondary N) is 1. The Balaban J connectivity index is 1.84. The molecule has 144 valence electrons. The quantitative estimate of drug-likeness (QED) is 0.667. The Kier molecular flexibility index (Phi) is 7.41. The standard InChI is InChI=1S/C17H16Cl2FN3O3S/c18-12-2-4-17(15(19)7-12)27(24,25)23-6-5-13(22)10-26-14-3-1-11(9-21)16(20)8-14/h1-4,7-8,13,23H,5-6,10,22H2/t13-/m0/s1. The minimum absolute atomic E-state index is 0.0190. The lowest BCUT2D eigenvalue weighted by molar-refractivity contribution is 0.281. The Morgan fingerprint density at radius 3 is 2.63 bits per heavy atom. The maximum atomic E-state index is 13.5. The Morgan fingerprint density at radius 1 is 1.26 bits per heavy atom. The molecule has 6 nitrogen and oxygen atoms in total. The number of ether oxygens (including phenoxy) is 1. The van der Waals surface area contributed by atoms with E-state index >= 15 is 0 Å². The molecule has 0 radical (unpaired) electrons. The van der Waals surface area contributed by atoms with Gasteiger partial charge in [-0.2, -0.15) is 5.26 Å². The van der Waals surface area contributed by atoms with Crippen molar-refractivity contribution in [2.24, 2.45) is 5.73 Å². The van der Waals surface area contributed by atoms with E-state index in [1.54, 1.807) is 6.07 Å². The van der Waals surface area contributed by atoms with E-state index in [0.29, 0.717) is 5.02 Å². The zero-order valence-corrected chi connectivity index (χ0v) is 16.3. The second-order valence-electron chi connectivity index (χ2n) is 5.59. The van der Waals surface area contributed by atoms with Crippen molar-refractivity contribution < 1.29 is 17.5 Å². The lowest BCUT2D eigenvalue weighted by atomic mass is 10.2. The minimum atomic E-state index is -3.80. The first-order valence-electron chi connectivity index (χ1n) is 7.75. The summed E-state index contributed by atoms with van der Waals surface area (Å²) >= 11 is 11.7. The molecule has 1 atom stereocenters. The van der Waals surface area contributed by atoms with Crippen molar-refractivity contribution >= 4 is 33.2 Å². The molecule has 0 aliphatic carbocycles. The van der Waals surface area contributed by atoms with Crippen LogP contribution >= 0.6 is 23.2 Å². The Hall–Kier alpha value is -1.89. The fourth-order valence-corrected chi connectivity index (χ4v) is 3.93. The summed E-state index contributed by atoms with van der Waals surface area (Å²) in [6.45, 7) is 0.113. The number of nitrogens with zero attached hydrogens (tertiary/aromatic N) is 1. The summed E-state index contributed by atoms with van der Waals surface area (Å²) in [6, 6.07) is 9.16. The third-order valence-electron chi connectivity index (χ3n) is 3.52. The van der Waals surface area contributed by atoms with Gasteiger partial charge in [-0.05, 0) is 36.8 Å². The number of benzene rings is 2. The SMILES string of the molecule is N#Cc1ccc(OC[C@@H](N)CCNS(=O)(=O)c2ccc(Cl)cc2Cl)cc1F. The third kappa shape index (κ3) is 6.06. The van der Waals surface area contributed by atoms with E-state index < -0.39 is 21.9 Å². The smallest absolute Gasteiger partial charge is 0.242 e. The summed E-state index contributed by atoms with van der Waals surface area (Å²) in [5.41, 5.74) is 5.80. The molecule has 0 saturated carbocycles. The van der Waals surface area contributed by atoms with Gasteiger partial charge in [0.1, 0.15) is 29.1 Å². The normalized spacial score (nSPS) is 12.4. The summed E-state index contributed by atoms with van der Waals surface area (Å²) < 4.78 is 45.7. The van der Waals surface area contributed by atoms with Crippen molar-refractivity contribution in [2.75, 3.05) is 13.2 Å². The predicted octanol–water partition coefficient (Wildman–Crippen LogP) is 3.08. The number of rotatable bonds is 8. The van der Waals surface area contributed by atoms with Gasteiger partial charge < -0.3 is 10.5 Å². The maximum absolute atomic E-state index is 13.5. The van der Waals surface area contributed by atoms with Gasteiger partial charge in [0.2, 0.25) is 10.0 Å². The molecule has 27 heavy (non-hydrogen) atoms. The van der Waals surface area contributed by atoms with Crippen LogP contribution in [0, 0.1) is 17.1 Å². The lowest BCUT2D eigenvalue weighted by Gasteiger charge is -2.14. The largest absolute Gasteiger partial charge is 0.492 e. The first kappa shape index (κ1) is 21.4. The van der Waals surface area contributed by atoms with E-state index in [2.05, 4.69) is 4.72 Å². The van der Waals surface area contributed by atoms with Gasteiger partial charge in [0.05, 0.1) is 10.6 Å². The van der Waals surface area contributed by atoms with Gasteiger partial charge in [0, 0.05) is 23.7 Å². The highest BCUT2D eigenvalue weighted by Gasteiger charge is 2.18. The van der Waals surface area contributed by atoms with Crippen LogP contribution in [0.5, 0.6) is 5.75 Å². The molecular weight excluding hydrogens is 416 g/mol. The topological polar surface area (TPSA) is 105 Å². The molecule has 0 aromatic heterocycles. The number of nitriles is 1. The molecular formula is C17H16Cl2FN3O3S. The number of hydrogen-bond acceptors (Lipinski definition) is 5. The third-order valence-corrected chi connectivity index (χ3v) is 5.69. The molecule has 0 heterocycles. The lowest BCUT2D eigenvalue weighted by Crippen LogP contribution is -2.34. The molecule has 3 N–H and O–H groups in total. The summed E-state index contributed by atoms with van der Waals surface area (Å²) in [6.07, 6.45) is 0.281. The van der Waals surface area contributed by atoms with Gasteiger partial charge in [-0.25, -0.2) is 17.5 Å². The molecule has 10 heteroatoms. The van der Waals surface area contributed by atoms with E-state index in [0.717, 1.165) is 6.07 Å². The number of hydrogen-bond donors (Lipinski definition) is 2. The first-order chi connectivity index (χ1) is 12.7. The van der Waals surface area contributed by atoms with Crippen LogP contribution in [0.25, 0.3) is 0 Å². The van der Waals surface area contributed by atoms with Crippen molar-refractivity contribution in [2.45, 2.75) is 17.4 Å². The van der Waals surface area contributed by atoms with Crippen molar-refractivity contribution in [1.82, 2.24) is 4.72 Å². The van der Waals surface area contributed by atoms with E-state index in [4.69, 9.17) is 38.9 Å². The van der Waals surface area contributed by atoms with Crippen molar-refractivity contribution in [1.29, 1.82) is 5.26 Å². The molecule has 0 fully saturated rings. The predicted molar refractivity (Wildman–Crippen MR) is 101 cm³/mol. The van der Waals surface area contributed by atoms with Crippen molar-refractivity contribution in [3.63, 3.8) is 0 Å². The average molecular weight is 432 g/mol. The molecule has 2 aromatic rings. The number of sulfonamides is 1. The highest BCUT2D eigenvalue weighted by Crippen LogP contribution is 2.24. The maximum Gasteiger partial charge on any atom is 0.242 e. The van der Waals surface area contributed by atoms with Gasteiger partial charge in [0.15, 0.2) is 0 Å². The summed E-state index contributed by atoms with van der Waals surface area (Å²) in [7, 11) is -3.80. The Bertz CT molecular complexity index is 964. The molecule has 0 aliphatic rings. The minimum Gasteiger partial charge on any atom is -0.492 e. The Labute approximate surface area is 166 Å². The molecule has 2 rings (SSSR count). The van der Waals surface area contributed by atoms with Crippen LogP contribution in [-0.2, 0) is 10.0 Å². The van der Waals surface area contributed by atoms with Gasteiger partial charge in [-0.15, -0.1) is 0 Å². The average Bonchev–Trinajstić information content (AvgIpc) is 2.59. The van der Waals surface area contributed by atoms with Gasteiger partial charge >= 0.3 is 0 Å².